The Hall–Kier alpha value is -2.12. The monoisotopic (exact) mass is 317 g/mol. The molecule has 22 heavy (non-hydrogen) atoms. The number of hydrogen-bond donors (Lipinski definition) is 2. The van der Waals surface area contributed by atoms with Gasteiger partial charge in [0.05, 0.1) is 5.41 Å². The highest BCUT2D eigenvalue weighted by Crippen LogP contribution is 2.16. The highest BCUT2D eigenvalue weighted by molar-refractivity contribution is 5.81. The third-order valence-electron chi connectivity index (χ3n) is 2.53. The van der Waals surface area contributed by atoms with Crippen LogP contribution in [0.15, 0.2) is 0 Å². The van der Waals surface area contributed by atoms with Crippen molar-refractivity contribution in [3.8, 4) is 0 Å². The molecule has 2 unspecified atom stereocenters. The van der Waals surface area contributed by atoms with E-state index in [1.807, 2.05) is 0 Å². The van der Waals surface area contributed by atoms with Gasteiger partial charge < -0.3 is 24.7 Å². The predicted molar refractivity (Wildman–Crippen MR) is 76.0 cm³/mol. The maximum atomic E-state index is 11.6. The molecule has 0 saturated carbocycles. The van der Waals surface area contributed by atoms with Crippen LogP contribution in [0.5, 0.6) is 0 Å². The van der Waals surface area contributed by atoms with Gasteiger partial charge in [0.25, 0.3) is 0 Å². The molecular weight excluding hydrogens is 294 g/mol. The molecule has 1 amide bonds. The molecule has 8 heteroatoms. The molecule has 0 aromatic carbocycles. The van der Waals surface area contributed by atoms with Gasteiger partial charge in [0.2, 0.25) is 6.29 Å². The second-order valence-electron chi connectivity index (χ2n) is 5.90. The number of carboxylic acid groups (broad SMARTS) is 1. The number of Topliss-reactive ketones (excluding diaryl/α,β-unsaturated/α-hetero) is 1. The molecule has 126 valence electrons. The van der Waals surface area contributed by atoms with Crippen molar-refractivity contribution in [1.29, 1.82) is 0 Å². The topological polar surface area (TPSA) is 119 Å². The Morgan fingerprint density at radius 2 is 1.68 bits per heavy atom. The summed E-state index contributed by atoms with van der Waals surface area (Å²) in [5, 5.41) is 11.1. The number of ether oxygens (including phenoxy) is 2. The molecule has 2 N–H and O–H groups in total. The average molecular weight is 317 g/mol. The second-order valence-corrected chi connectivity index (χ2v) is 5.90. The first kappa shape index (κ1) is 19.9. The largest absolute Gasteiger partial charge is 0.480 e. The quantitative estimate of drug-likeness (QED) is 0.539. The SMILES string of the molecule is CC(=O)CCC(NC(=O)OC(C)OC(=O)C(C)(C)C)C(=O)O. The molecule has 0 radical (unpaired) electrons. The van der Waals surface area contributed by atoms with Crippen molar-refractivity contribution in [3.05, 3.63) is 0 Å². The van der Waals surface area contributed by atoms with Crippen LogP contribution in [-0.2, 0) is 23.9 Å². The first-order chi connectivity index (χ1) is 9.93. The van der Waals surface area contributed by atoms with Gasteiger partial charge in [0, 0.05) is 13.3 Å². The third kappa shape index (κ3) is 8.23. The smallest absolute Gasteiger partial charge is 0.410 e. The van der Waals surface area contributed by atoms with E-state index in [-0.39, 0.29) is 18.6 Å². The molecule has 0 aromatic heterocycles. The molecule has 0 aromatic rings. The number of hydrogen-bond acceptors (Lipinski definition) is 6. The van der Waals surface area contributed by atoms with Crippen molar-refractivity contribution >= 4 is 23.8 Å². The summed E-state index contributed by atoms with van der Waals surface area (Å²) >= 11 is 0. The minimum absolute atomic E-state index is 0.0197. The number of alkyl carbamates (subject to hydrolysis) is 1. The Kier molecular flexibility index (Phi) is 7.55. The standard InChI is InChI=1S/C14H23NO7/c1-8(16)6-7-10(11(17)18)15-13(20)22-9(2)21-12(19)14(3,4)5/h9-10H,6-7H2,1-5H3,(H,15,20)(H,17,18). The van der Waals surface area contributed by atoms with Gasteiger partial charge in [0.15, 0.2) is 0 Å². The van der Waals surface area contributed by atoms with Crippen LogP contribution in [0.4, 0.5) is 4.79 Å². The fourth-order valence-corrected chi connectivity index (χ4v) is 1.28. The van der Waals surface area contributed by atoms with Crippen LogP contribution >= 0.6 is 0 Å². The summed E-state index contributed by atoms with van der Waals surface area (Å²) in [5.41, 5.74) is -0.751. The molecule has 0 heterocycles. The summed E-state index contributed by atoms with van der Waals surface area (Å²) in [6.45, 7) is 7.60. The van der Waals surface area contributed by atoms with Crippen molar-refractivity contribution in [3.63, 3.8) is 0 Å². The highest BCUT2D eigenvalue weighted by atomic mass is 16.7. The van der Waals surface area contributed by atoms with Crippen molar-refractivity contribution in [2.75, 3.05) is 0 Å². The van der Waals surface area contributed by atoms with Gasteiger partial charge in [0.1, 0.15) is 11.8 Å². The van der Waals surface area contributed by atoms with E-state index in [4.69, 9.17) is 14.6 Å². The first-order valence-electron chi connectivity index (χ1n) is 6.84. The van der Waals surface area contributed by atoms with Crippen molar-refractivity contribution in [1.82, 2.24) is 5.32 Å². The van der Waals surface area contributed by atoms with Gasteiger partial charge in [-0.25, -0.2) is 9.59 Å². The van der Waals surface area contributed by atoms with E-state index >= 15 is 0 Å². The van der Waals surface area contributed by atoms with Crippen LogP contribution in [0.2, 0.25) is 0 Å². The van der Waals surface area contributed by atoms with E-state index in [2.05, 4.69) is 5.32 Å². The molecule has 0 fully saturated rings. The summed E-state index contributed by atoms with van der Waals surface area (Å²) in [5.74, 6) is -2.02. The van der Waals surface area contributed by atoms with Gasteiger partial charge in [-0.15, -0.1) is 0 Å². The average Bonchev–Trinajstić information content (AvgIpc) is 2.32. The summed E-state index contributed by atoms with van der Waals surface area (Å²) in [6, 6.07) is -1.25. The summed E-state index contributed by atoms with van der Waals surface area (Å²) in [6.07, 6.45) is -2.22. The molecule has 0 spiro atoms. The second kappa shape index (κ2) is 8.35. The third-order valence-corrected chi connectivity index (χ3v) is 2.53. The van der Waals surface area contributed by atoms with Crippen LogP contribution in [0.1, 0.15) is 47.5 Å². The number of nitrogens with one attached hydrogen (secondary N) is 1. The molecule has 0 aliphatic carbocycles. The van der Waals surface area contributed by atoms with Crippen LogP contribution in [0.25, 0.3) is 0 Å². The van der Waals surface area contributed by atoms with Gasteiger partial charge in [-0.1, -0.05) is 0 Å². The summed E-state index contributed by atoms with van der Waals surface area (Å²) in [7, 11) is 0. The van der Waals surface area contributed by atoms with E-state index in [1.54, 1.807) is 20.8 Å². The van der Waals surface area contributed by atoms with E-state index in [9.17, 15) is 19.2 Å². The lowest BCUT2D eigenvalue weighted by Crippen LogP contribution is -2.43. The predicted octanol–water partition coefficient (Wildman–Crippen LogP) is 1.47. The fraction of sp³-hybridized carbons (Fsp3) is 0.714. The lowest BCUT2D eigenvalue weighted by molar-refractivity contribution is -0.174. The number of carboxylic acids is 1. The van der Waals surface area contributed by atoms with Crippen molar-refractivity contribution < 1.29 is 33.8 Å². The number of rotatable bonds is 7. The molecule has 0 aliphatic heterocycles. The molecule has 0 saturated heterocycles. The lowest BCUT2D eigenvalue weighted by Gasteiger charge is -2.21. The van der Waals surface area contributed by atoms with Gasteiger partial charge >= 0.3 is 18.0 Å². The van der Waals surface area contributed by atoms with Crippen LogP contribution < -0.4 is 5.32 Å². The molecule has 8 nitrogen and oxygen atoms in total. The maximum absolute atomic E-state index is 11.6. The van der Waals surface area contributed by atoms with E-state index in [0.29, 0.717) is 0 Å². The molecule has 0 aliphatic rings. The summed E-state index contributed by atoms with van der Waals surface area (Å²) < 4.78 is 9.66. The van der Waals surface area contributed by atoms with Gasteiger partial charge in [-0.3, -0.25) is 4.79 Å². The maximum Gasteiger partial charge on any atom is 0.410 e. The zero-order valence-corrected chi connectivity index (χ0v) is 13.5. The molecule has 0 rings (SSSR count). The number of carbonyl (C=O) groups is 4. The van der Waals surface area contributed by atoms with Gasteiger partial charge in [-0.2, -0.15) is 0 Å². The fourth-order valence-electron chi connectivity index (χ4n) is 1.28. The van der Waals surface area contributed by atoms with Crippen LogP contribution in [-0.4, -0.2) is 41.3 Å². The zero-order valence-electron chi connectivity index (χ0n) is 13.5. The Bertz CT molecular complexity index is 439. The summed E-state index contributed by atoms with van der Waals surface area (Å²) in [4.78, 5) is 45.0. The van der Waals surface area contributed by atoms with E-state index < -0.39 is 35.8 Å². The Balaban J connectivity index is 4.42. The van der Waals surface area contributed by atoms with Gasteiger partial charge in [-0.05, 0) is 34.1 Å². The van der Waals surface area contributed by atoms with E-state index in [0.717, 1.165) is 0 Å². The number of esters is 1. The molecule has 0 bridgehead atoms. The van der Waals surface area contributed by atoms with Crippen molar-refractivity contribution in [2.24, 2.45) is 5.41 Å². The van der Waals surface area contributed by atoms with E-state index in [1.165, 1.54) is 13.8 Å². The number of carbonyl (C=O) groups excluding carboxylic acids is 3. The number of aliphatic carboxylic acids is 1. The minimum Gasteiger partial charge on any atom is -0.480 e. The lowest BCUT2D eigenvalue weighted by atomic mass is 9.97. The normalized spacial score (nSPS) is 13.7. The molecular formula is C14H23NO7. The number of amides is 1. The zero-order chi connectivity index (χ0) is 17.5. The Morgan fingerprint density at radius 3 is 2.09 bits per heavy atom. The number of ketones is 1. The highest BCUT2D eigenvalue weighted by Gasteiger charge is 2.27. The van der Waals surface area contributed by atoms with Crippen LogP contribution in [0, 0.1) is 5.41 Å². The minimum atomic E-state index is -1.28. The Labute approximate surface area is 129 Å². The van der Waals surface area contributed by atoms with Crippen molar-refractivity contribution in [2.45, 2.75) is 59.8 Å². The first-order valence-corrected chi connectivity index (χ1v) is 6.84. The van der Waals surface area contributed by atoms with Crippen LogP contribution in [0.3, 0.4) is 0 Å². The Morgan fingerprint density at radius 1 is 1.14 bits per heavy atom. The molecule has 2 atom stereocenters.